The lowest BCUT2D eigenvalue weighted by Gasteiger charge is -2.37. The standard InChI is InChI=1S/C14H28O9P2S2/c1-7-9(3)20-11(5-15)13(7)23-25(18,27)19-6-12-14(22-24(16,17)26)8(2)10(4)21-12/h7-15H,5-6H2,1-4H3,(H,18,27)(H2,16,17,26)/p-3/t7?,8?,9-,10-,11+,12+,13+,14+,25?/m0/s1. The molecule has 13 heteroatoms. The molecular weight excluding hydrogens is 438 g/mol. The lowest BCUT2D eigenvalue weighted by Crippen LogP contribution is -2.35. The molecule has 2 saturated heterocycles. The van der Waals surface area contributed by atoms with E-state index in [1.165, 1.54) is 0 Å². The van der Waals surface area contributed by atoms with E-state index in [0.29, 0.717) is 0 Å². The van der Waals surface area contributed by atoms with Crippen molar-refractivity contribution in [1.82, 2.24) is 0 Å². The highest BCUT2D eigenvalue weighted by molar-refractivity contribution is 8.31. The first-order valence-electron chi connectivity index (χ1n) is 8.61. The number of rotatable bonds is 8. The number of aliphatic hydroxyl groups excluding tert-OH is 1. The molecule has 9 nitrogen and oxygen atoms in total. The fourth-order valence-electron chi connectivity index (χ4n) is 3.27. The van der Waals surface area contributed by atoms with Gasteiger partial charge < -0.3 is 54.8 Å². The van der Waals surface area contributed by atoms with E-state index in [1.54, 1.807) is 13.8 Å². The summed E-state index contributed by atoms with van der Waals surface area (Å²) >= 11 is 9.27. The quantitative estimate of drug-likeness (QED) is 0.392. The molecule has 27 heavy (non-hydrogen) atoms. The maximum Gasteiger partial charge on any atom is 0.116 e. The Morgan fingerprint density at radius 1 is 1.04 bits per heavy atom. The van der Waals surface area contributed by atoms with Gasteiger partial charge in [0.05, 0.1) is 37.6 Å². The Hall–Kier alpha value is 0.910. The van der Waals surface area contributed by atoms with Gasteiger partial charge in [0, 0.05) is 18.6 Å². The highest BCUT2D eigenvalue weighted by Gasteiger charge is 2.43. The van der Waals surface area contributed by atoms with E-state index in [0.717, 1.165) is 0 Å². The average Bonchev–Trinajstić information content (AvgIpc) is 2.96. The fourth-order valence-corrected chi connectivity index (χ4v) is 5.69. The molecular formula is C14H25O9P2S2-3. The molecule has 0 radical (unpaired) electrons. The van der Waals surface area contributed by atoms with Crippen LogP contribution in [0.4, 0.5) is 0 Å². The highest BCUT2D eigenvalue weighted by Crippen LogP contribution is 2.47. The fraction of sp³-hybridized carbons (Fsp3) is 1.00. The first kappa shape index (κ1) is 24.2. The minimum absolute atomic E-state index is 0.146. The largest absolute Gasteiger partial charge is 0.797 e. The van der Waals surface area contributed by atoms with E-state index < -0.39 is 37.9 Å². The third kappa shape index (κ3) is 6.44. The van der Waals surface area contributed by atoms with Crippen molar-refractivity contribution < 1.29 is 42.5 Å². The van der Waals surface area contributed by atoms with E-state index in [4.69, 9.17) is 34.9 Å². The first-order valence-corrected chi connectivity index (χ1v) is 13.7. The van der Waals surface area contributed by atoms with E-state index in [9.17, 15) is 19.5 Å². The maximum atomic E-state index is 12.6. The Morgan fingerprint density at radius 2 is 1.52 bits per heavy atom. The van der Waals surface area contributed by atoms with Crippen molar-refractivity contribution in [3.8, 4) is 0 Å². The summed E-state index contributed by atoms with van der Waals surface area (Å²) in [6.45, 7) is -1.76. The van der Waals surface area contributed by atoms with Crippen molar-refractivity contribution in [2.75, 3.05) is 13.2 Å². The van der Waals surface area contributed by atoms with Crippen LogP contribution in [0.1, 0.15) is 27.7 Å². The molecule has 1 N–H and O–H groups in total. The Kier molecular flexibility index (Phi) is 8.39. The van der Waals surface area contributed by atoms with Crippen molar-refractivity contribution >= 4 is 37.6 Å². The second kappa shape index (κ2) is 9.37. The average molecular weight is 463 g/mol. The minimum Gasteiger partial charge on any atom is -0.797 e. The van der Waals surface area contributed by atoms with Gasteiger partial charge in [-0.15, -0.1) is 0 Å². The molecule has 2 rings (SSSR count). The predicted molar refractivity (Wildman–Crippen MR) is 99.0 cm³/mol. The summed E-state index contributed by atoms with van der Waals surface area (Å²) in [5.41, 5.74) is 0. The van der Waals surface area contributed by atoms with Crippen molar-refractivity contribution in [3.63, 3.8) is 0 Å². The van der Waals surface area contributed by atoms with Crippen LogP contribution in [-0.4, -0.2) is 54.9 Å². The molecule has 0 aromatic carbocycles. The summed E-state index contributed by atoms with van der Waals surface area (Å²) in [4.78, 5) is 23.9. The van der Waals surface area contributed by atoms with Crippen LogP contribution in [0.25, 0.3) is 0 Å². The van der Waals surface area contributed by atoms with Crippen molar-refractivity contribution in [2.24, 2.45) is 11.8 Å². The highest BCUT2D eigenvalue weighted by atomic mass is 32.7. The zero-order chi connectivity index (χ0) is 20.6. The lowest BCUT2D eigenvalue weighted by atomic mass is 10.00. The molecule has 0 aliphatic carbocycles. The Bertz CT molecular complexity index is 603. The van der Waals surface area contributed by atoms with Crippen LogP contribution in [0.2, 0.25) is 0 Å². The molecule has 10 atom stereocenters. The third-order valence-electron chi connectivity index (χ3n) is 5.11. The van der Waals surface area contributed by atoms with Crippen molar-refractivity contribution in [3.05, 3.63) is 0 Å². The van der Waals surface area contributed by atoms with E-state index in [2.05, 4.69) is 12.2 Å². The van der Waals surface area contributed by atoms with Gasteiger partial charge in [0.15, 0.2) is 0 Å². The molecule has 2 aliphatic heterocycles. The van der Waals surface area contributed by atoms with Gasteiger partial charge in [0.2, 0.25) is 0 Å². The second-order valence-corrected chi connectivity index (χ2v) is 12.1. The Balaban J connectivity index is 1.99. The summed E-state index contributed by atoms with van der Waals surface area (Å²) in [7, 11) is 0. The minimum atomic E-state index is -4.40. The summed E-state index contributed by atoms with van der Waals surface area (Å²) in [6, 6.07) is 0. The summed E-state index contributed by atoms with van der Waals surface area (Å²) < 4.78 is 38.2. The van der Waals surface area contributed by atoms with Gasteiger partial charge >= 0.3 is 0 Å². The lowest BCUT2D eigenvalue weighted by molar-refractivity contribution is -0.216. The Labute approximate surface area is 169 Å². The number of hydrogen-bond donors (Lipinski definition) is 1. The molecule has 0 aromatic heterocycles. The number of hydrogen-bond acceptors (Lipinski definition) is 11. The van der Waals surface area contributed by atoms with Gasteiger partial charge in [0.1, 0.15) is 18.9 Å². The molecule has 0 saturated carbocycles. The van der Waals surface area contributed by atoms with Crippen LogP contribution in [-0.2, 0) is 51.7 Å². The molecule has 4 unspecified atom stereocenters. The van der Waals surface area contributed by atoms with Crippen LogP contribution in [0.3, 0.4) is 0 Å². The van der Waals surface area contributed by atoms with Crippen LogP contribution in [0.5, 0.6) is 0 Å². The molecule has 0 aromatic rings. The summed E-state index contributed by atoms with van der Waals surface area (Å²) in [5.74, 6) is -0.412. The van der Waals surface area contributed by atoms with Crippen molar-refractivity contribution in [1.29, 1.82) is 0 Å². The summed E-state index contributed by atoms with van der Waals surface area (Å²) in [5, 5.41) is 9.40. The number of aliphatic hydroxyl groups is 1. The smallest absolute Gasteiger partial charge is 0.116 e. The van der Waals surface area contributed by atoms with Gasteiger partial charge in [-0.25, -0.2) is 0 Å². The zero-order valence-corrected chi connectivity index (χ0v) is 18.9. The van der Waals surface area contributed by atoms with Crippen LogP contribution in [0, 0.1) is 11.8 Å². The van der Waals surface area contributed by atoms with Crippen LogP contribution < -0.4 is 9.79 Å². The molecule has 2 aliphatic rings. The molecule has 2 heterocycles. The SMILES string of the molecule is CC1[C@H](C)O[C@H](COP([O-])(=S)O[C@@H]2C(C)[C@H](C)O[C@@H]2CO)[C@@H]1OP(=O)([O-])[S-]. The van der Waals surface area contributed by atoms with Gasteiger partial charge in [-0.1, -0.05) is 25.7 Å². The molecule has 160 valence electrons. The van der Waals surface area contributed by atoms with Crippen LogP contribution in [0.15, 0.2) is 0 Å². The first-order chi connectivity index (χ1) is 12.3. The van der Waals surface area contributed by atoms with Crippen LogP contribution >= 0.6 is 13.5 Å². The van der Waals surface area contributed by atoms with E-state index in [1.807, 2.05) is 13.8 Å². The second-order valence-electron chi connectivity index (χ2n) is 6.99. The van der Waals surface area contributed by atoms with Crippen molar-refractivity contribution in [2.45, 2.75) is 64.3 Å². The number of ether oxygens (including phenoxy) is 2. The van der Waals surface area contributed by atoms with E-state index >= 15 is 0 Å². The zero-order valence-electron chi connectivity index (χ0n) is 15.5. The Morgan fingerprint density at radius 3 is 2.00 bits per heavy atom. The van der Waals surface area contributed by atoms with Gasteiger partial charge in [-0.05, 0) is 13.8 Å². The van der Waals surface area contributed by atoms with Gasteiger partial charge in [0.25, 0.3) is 0 Å². The van der Waals surface area contributed by atoms with Gasteiger partial charge in [-0.2, -0.15) is 0 Å². The summed E-state index contributed by atoms with van der Waals surface area (Å²) in [6.07, 6.45) is -3.52. The third-order valence-corrected chi connectivity index (χ3v) is 7.41. The topological polar surface area (TPSA) is 130 Å². The van der Waals surface area contributed by atoms with E-state index in [-0.39, 0.29) is 37.3 Å². The maximum absolute atomic E-state index is 12.6. The predicted octanol–water partition coefficient (Wildman–Crippen LogP) is 0.213. The molecule has 0 bridgehead atoms. The molecule has 0 amide bonds. The monoisotopic (exact) mass is 463 g/mol. The molecule has 2 fully saturated rings. The normalized spacial score (nSPS) is 44.1. The van der Waals surface area contributed by atoms with Gasteiger partial charge in [-0.3, -0.25) is 0 Å². The molecule has 0 spiro atoms.